The molecule has 0 spiro atoms. The van der Waals surface area contributed by atoms with Crippen LogP contribution in [0.1, 0.15) is 0 Å². The molecule has 0 atom stereocenters. The van der Waals surface area contributed by atoms with Gasteiger partial charge in [-0.25, -0.2) is 9.97 Å². The van der Waals surface area contributed by atoms with Crippen LogP contribution in [0.25, 0.3) is 21.9 Å². The first-order chi connectivity index (χ1) is 6.84. The third-order valence-electron chi connectivity index (χ3n) is 2.30. The van der Waals surface area contributed by atoms with E-state index in [1.165, 1.54) is 6.33 Å². The minimum Gasteiger partial charge on any atom is -0.399 e. The summed E-state index contributed by atoms with van der Waals surface area (Å²) >= 11 is 0. The predicted octanol–water partition coefficient (Wildman–Crippen LogP) is 1.69. The van der Waals surface area contributed by atoms with Crippen molar-refractivity contribution < 1.29 is 0 Å². The average Bonchev–Trinajstić information content (AvgIpc) is 2.54. The van der Waals surface area contributed by atoms with Gasteiger partial charge in [-0.15, -0.1) is 0 Å². The molecule has 0 fully saturated rings. The summed E-state index contributed by atoms with van der Waals surface area (Å²) in [6.07, 6.45) is 3.33. The summed E-state index contributed by atoms with van der Waals surface area (Å²) in [6, 6.07) is 5.76. The summed E-state index contributed by atoms with van der Waals surface area (Å²) in [4.78, 5) is 11.3. The summed E-state index contributed by atoms with van der Waals surface area (Å²) in [5, 5.41) is 2.14. The second-order valence-corrected chi connectivity index (χ2v) is 3.22. The van der Waals surface area contributed by atoms with Gasteiger partial charge in [0.05, 0.1) is 0 Å². The molecule has 2 aromatic heterocycles. The Bertz CT molecular complexity index is 612. The quantitative estimate of drug-likeness (QED) is 0.522. The number of nitrogens with two attached hydrogens (primary N) is 1. The van der Waals surface area contributed by atoms with Gasteiger partial charge in [0.1, 0.15) is 12.0 Å². The van der Waals surface area contributed by atoms with Crippen LogP contribution in [0.5, 0.6) is 0 Å². The lowest BCUT2D eigenvalue weighted by Crippen LogP contribution is -1.82. The molecule has 3 N–H and O–H groups in total. The maximum Gasteiger partial charge on any atom is 0.141 e. The monoisotopic (exact) mass is 184 g/mol. The highest BCUT2D eigenvalue weighted by Crippen LogP contribution is 2.24. The maximum atomic E-state index is 5.69. The van der Waals surface area contributed by atoms with Gasteiger partial charge in [0.25, 0.3) is 0 Å². The molecule has 4 nitrogen and oxygen atoms in total. The van der Waals surface area contributed by atoms with Crippen molar-refractivity contribution in [1.82, 2.24) is 15.0 Å². The number of nitrogen functional groups attached to an aromatic ring is 1. The largest absolute Gasteiger partial charge is 0.399 e. The number of aromatic amines is 1. The van der Waals surface area contributed by atoms with Crippen LogP contribution in [-0.2, 0) is 0 Å². The number of aromatic nitrogens is 3. The fraction of sp³-hybridized carbons (Fsp3) is 0. The van der Waals surface area contributed by atoms with Crippen LogP contribution in [0.2, 0.25) is 0 Å². The van der Waals surface area contributed by atoms with E-state index >= 15 is 0 Å². The zero-order valence-electron chi connectivity index (χ0n) is 7.36. The molecule has 0 unspecified atom stereocenters. The van der Waals surface area contributed by atoms with E-state index in [0.29, 0.717) is 0 Å². The van der Waals surface area contributed by atoms with Gasteiger partial charge < -0.3 is 10.7 Å². The van der Waals surface area contributed by atoms with Crippen LogP contribution in [-0.4, -0.2) is 15.0 Å². The molecule has 1 aromatic carbocycles. The van der Waals surface area contributed by atoms with Gasteiger partial charge in [-0.2, -0.15) is 0 Å². The Hall–Kier alpha value is -2.10. The lowest BCUT2D eigenvalue weighted by Gasteiger charge is -1.91. The highest BCUT2D eigenvalue weighted by molar-refractivity contribution is 6.06. The van der Waals surface area contributed by atoms with Gasteiger partial charge in [-0.3, -0.25) is 0 Å². The normalized spacial score (nSPS) is 11.1. The molecule has 0 aliphatic rings. The molecule has 0 aliphatic carbocycles. The van der Waals surface area contributed by atoms with Crippen LogP contribution >= 0.6 is 0 Å². The first kappa shape index (κ1) is 7.32. The molecular formula is C10H8N4. The van der Waals surface area contributed by atoms with Crippen LogP contribution in [0, 0.1) is 0 Å². The standard InChI is InChI=1S/C10H8N4/c11-6-1-2-7-8-4-12-5-13-10(8)14-9(7)3-6/h1-5H,11H2,(H,12,13,14). The molecule has 0 saturated carbocycles. The first-order valence-electron chi connectivity index (χ1n) is 4.31. The van der Waals surface area contributed by atoms with Gasteiger partial charge in [-0.05, 0) is 12.1 Å². The summed E-state index contributed by atoms with van der Waals surface area (Å²) in [5.41, 5.74) is 8.29. The molecule has 0 bridgehead atoms. The third-order valence-corrected chi connectivity index (χ3v) is 2.30. The molecule has 3 rings (SSSR count). The number of rotatable bonds is 0. The number of benzene rings is 1. The van der Waals surface area contributed by atoms with Crippen LogP contribution in [0.4, 0.5) is 5.69 Å². The SMILES string of the molecule is Nc1ccc2c(c1)[nH]c1ncncc12. The van der Waals surface area contributed by atoms with Crippen molar-refractivity contribution in [3.63, 3.8) is 0 Å². The molecule has 2 heterocycles. The highest BCUT2D eigenvalue weighted by Gasteiger charge is 2.03. The van der Waals surface area contributed by atoms with E-state index in [-0.39, 0.29) is 0 Å². The number of nitrogens with zero attached hydrogens (tertiary/aromatic N) is 2. The summed E-state index contributed by atoms with van der Waals surface area (Å²) in [7, 11) is 0. The topological polar surface area (TPSA) is 67.6 Å². The van der Waals surface area contributed by atoms with Crippen LogP contribution < -0.4 is 5.73 Å². The van der Waals surface area contributed by atoms with Crippen LogP contribution in [0.15, 0.2) is 30.7 Å². The second kappa shape index (κ2) is 2.45. The van der Waals surface area contributed by atoms with E-state index in [0.717, 1.165) is 27.6 Å². The van der Waals surface area contributed by atoms with E-state index in [9.17, 15) is 0 Å². The van der Waals surface area contributed by atoms with Crippen molar-refractivity contribution in [2.75, 3.05) is 5.73 Å². The first-order valence-corrected chi connectivity index (χ1v) is 4.31. The smallest absolute Gasteiger partial charge is 0.141 e. The Balaban J connectivity index is 2.57. The summed E-state index contributed by atoms with van der Waals surface area (Å²) in [5.74, 6) is 0. The molecule has 68 valence electrons. The molecule has 0 radical (unpaired) electrons. The van der Waals surface area contributed by atoms with Crippen molar-refractivity contribution in [3.8, 4) is 0 Å². The molecule has 3 aromatic rings. The zero-order chi connectivity index (χ0) is 9.54. The number of hydrogen-bond acceptors (Lipinski definition) is 3. The van der Waals surface area contributed by atoms with Gasteiger partial charge in [0.2, 0.25) is 0 Å². The van der Waals surface area contributed by atoms with Gasteiger partial charge in [-0.1, -0.05) is 6.07 Å². The minimum atomic E-state index is 0.747. The van der Waals surface area contributed by atoms with Crippen molar-refractivity contribution in [3.05, 3.63) is 30.7 Å². The van der Waals surface area contributed by atoms with Gasteiger partial charge >= 0.3 is 0 Å². The Morgan fingerprint density at radius 2 is 2.14 bits per heavy atom. The highest BCUT2D eigenvalue weighted by atomic mass is 14.9. The van der Waals surface area contributed by atoms with E-state index in [4.69, 9.17) is 5.73 Å². The van der Waals surface area contributed by atoms with Crippen molar-refractivity contribution in [1.29, 1.82) is 0 Å². The maximum absolute atomic E-state index is 5.69. The molecular weight excluding hydrogens is 176 g/mol. The Labute approximate surface area is 79.8 Å². The van der Waals surface area contributed by atoms with E-state index in [2.05, 4.69) is 15.0 Å². The summed E-state index contributed by atoms with van der Waals surface area (Å²) in [6.45, 7) is 0. The Morgan fingerprint density at radius 3 is 3.07 bits per heavy atom. The van der Waals surface area contributed by atoms with Crippen LogP contribution in [0.3, 0.4) is 0 Å². The molecule has 0 saturated heterocycles. The lowest BCUT2D eigenvalue weighted by atomic mass is 10.2. The number of fused-ring (bicyclic) bond motifs is 3. The van der Waals surface area contributed by atoms with Gasteiger partial charge in [0.15, 0.2) is 0 Å². The lowest BCUT2D eigenvalue weighted by molar-refractivity contribution is 1.21. The minimum absolute atomic E-state index is 0.747. The summed E-state index contributed by atoms with van der Waals surface area (Å²) < 4.78 is 0. The molecule has 0 amide bonds. The fourth-order valence-electron chi connectivity index (χ4n) is 1.65. The van der Waals surface area contributed by atoms with E-state index in [1.807, 2.05) is 18.2 Å². The Kier molecular flexibility index (Phi) is 1.28. The molecule has 4 heteroatoms. The van der Waals surface area contributed by atoms with Crippen molar-refractivity contribution in [2.45, 2.75) is 0 Å². The number of hydrogen-bond donors (Lipinski definition) is 2. The average molecular weight is 184 g/mol. The molecule has 0 aliphatic heterocycles. The molecule has 14 heavy (non-hydrogen) atoms. The second-order valence-electron chi connectivity index (χ2n) is 3.22. The predicted molar refractivity (Wildman–Crippen MR) is 55.8 cm³/mol. The van der Waals surface area contributed by atoms with E-state index in [1.54, 1.807) is 6.20 Å². The third kappa shape index (κ3) is 0.877. The van der Waals surface area contributed by atoms with E-state index < -0.39 is 0 Å². The van der Waals surface area contributed by atoms with Gasteiger partial charge in [0, 0.05) is 28.2 Å². The number of anilines is 1. The zero-order valence-corrected chi connectivity index (χ0v) is 7.36. The van der Waals surface area contributed by atoms with Crippen molar-refractivity contribution in [2.24, 2.45) is 0 Å². The number of H-pyrrole nitrogens is 1. The number of nitrogens with one attached hydrogen (secondary N) is 1. The fourth-order valence-corrected chi connectivity index (χ4v) is 1.65. The van der Waals surface area contributed by atoms with Crippen molar-refractivity contribution >= 4 is 27.6 Å². The Morgan fingerprint density at radius 1 is 1.21 bits per heavy atom.